The van der Waals surface area contributed by atoms with Crippen molar-refractivity contribution in [2.24, 2.45) is 17.8 Å². The van der Waals surface area contributed by atoms with Crippen molar-refractivity contribution < 1.29 is 24.1 Å². The van der Waals surface area contributed by atoms with Gasteiger partial charge in [-0.1, -0.05) is 43.3 Å². The standard InChI is InChI=1S/C24H23N3O6/c1-15-10-11-19-20(12-15)24(31)26(23(19)30)25(14-21(28)16-6-3-2-4-7-16)22(29)17-8-5-9-18(13-17)27(32)33/h2-9,13,15,19-20H,10-12,14H2,1H3/t15-,19+,20+/m1/s1. The van der Waals surface area contributed by atoms with Gasteiger partial charge in [-0.2, -0.15) is 5.01 Å². The fourth-order valence-corrected chi connectivity index (χ4v) is 4.60. The van der Waals surface area contributed by atoms with E-state index >= 15 is 0 Å². The minimum atomic E-state index is -0.823. The van der Waals surface area contributed by atoms with Gasteiger partial charge in [-0.15, -0.1) is 0 Å². The average molecular weight is 449 g/mol. The summed E-state index contributed by atoms with van der Waals surface area (Å²) in [6, 6.07) is 13.2. The lowest BCUT2D eigenvalue weighted by Gasteiger charge is -2.30. The summed E-state index contributed by atoms with van der Waals surface area (Å²) in [5.74, 6) is -3.08. The number of carbonyl (C=O) groups is 4. The van der Waals surface area contributed by atoms with Gasteiger partial charge in [0.15, 0.2) is 5.78 Å². The lowest BCUT2D eigenvalue weighted by Crippen LogP contribution is -2.52. The fourth-order valence-electron chi connectivity index (χ4n) is 4.60. The average Bonchev–Trinajstić information content (AvgIpc) is 3.06. The van der Waals surface area contributed by atoms with E-state index in [0.717, 1.165) is 22.5 Å². The van der Waals surface area contributed by atoms with Crippen molar-refractivity contribution in [2.45, 2.75) is 26.2 Å². The van der Waals surface area contributed by atoms with Crippen LogP contribution in [0.25, 0.3) is 0 Å². The van der Waals surface area contributed by atoms with Crippen LogP contribution in [0.2, 0.25) is 0 Å². The van der Waals surface area contributed by atoms with Crippen LogP contribution in [0.15, 0.2) is 54.6 Å². The van der Waals surface area contributed by atoms with E-state index in [-0.39, 0.29) is 17.2 Å². The molecule has 0 N–H and O–H groups in total. The number of hydrogen-bond acceptors (Lipinski definition) is 6. The molecule has 0 unspecified atom stereocenters. The van der Waals surface area contributed by atoms with Gasteiger partial charge in [0.05, 0.1) is 16.8 Å². The van der Waals surface area contributed by atoms with Crippen LogP contribution in [0.4, 0.5) is 5.69 Å². The number of non-ortho nitro benzene ring substituents is 1. The Morgan fingerprint density at radius 3 is 2.36 bits per heavy atom. The molecule has 33 heavy (non-hydrogen) atoms. The number of imide groups is 1. The molecule has 1 heterocycles. The summed E-state index contributed by atoms with van der Waals surface area (Å²) in [6.07, 6.45) is 1.88. The van der Waals surface area contributed by atoms with Gasteiger partial charge in [0, 0.05) is 23.3 Å². The Bertz CT molecular complexity index is 1130. The summed E-state index contributed by atoms with van der Waals surface area (Å²) in [5.41, 5.74) is -0.0786. The molecular weight excluding hydrogens is 426 g/mol. The second-order valence-electron chi connectivity index (χ2n) is 8.58. The highest BCUT2D eigenvalue weighted by Crippen LogP contribution is 2.41. The molecule has 170 valence electrons. The number of hydrogen-bond donors (Lipinski definition) is 0. The Morgan fingerprint density at radius 2 is 1.67 bits per heavy atom. The molecule has 3 amide bonds. The number of Topliss-reactive ketones (excluding diaryl/α,β-unsaturated/α-hetero) is 1. The highest BCUT2D eigenvalue weighted by atomic mass is 16.6. The van der Waals surface area contributed by atoms with Crippen molar-refractivity contribution in [1.29, 1.82) is 0 Å². The first kappa shape index (κ1) is 22.3. The number of rotatable bonds is 6. The van der Waals surface area contributed by atoms with Crippen molar-refractivity contribution >= 4 is 29.2 Å². The number of amides is 3. The van der Waals surface area contributed by atoms with Gasteiger partial charge in [0.25, 0.3) is 23.4 Å². The lowest BCUT2D eigenvalue weighted by molar-refractivity contribution is -0.384. The molecule has 4 rings (SSSR count). The number of nitro groups is 1. The molecule has 0 aromatic heterocycles. The van der Waals surface area contributed by atoms with Crippen LogP contribution < -0.4 is 0 Å². The van der Waals surface area contributed by atoms with Gasteiger partial charge >= 0.3 is 0 Å². The summed E-state index contributed by atoms with van der Waals surface area (Å²) < 4.78 is 0. The molecule has 3 atom stereocenters. The van der Waals surface area contributed by atoms with Crippen LogP contribution in [0.1, 0.15) is 46.9 Å². The summed E-state index contributed by atoms with van der Waals surface area (Å²) in [7, 11) is 0. The summed E-state index contributed by atoms with van der Waals surface area (Å²) in [6.45, 7) is 1.47. The summed E-state index contributed by atoms with van der Waals surface area (Å²) in [4.78, 5) is 63.4. The molecule has 1 saturated carbocycles. The molecule has 9 heteroatoms. The highest BCUT2D eigenvalue weighted by Gasteiger charge is 2.52. The molecule has 0 spiro atoms. The first-order chi connectivity index (χ1) is 15.8. The molecule has 2 aliphatic rings. The van der Waals surface area contributed by atoms with E-state index < -0.39 is 46.8 Å². The Labute approximate surface area is 190 Å². The summed E-state index contributed by atoms with van der Waals surface area (Å²) >= 11 is 0. The van der Waals surface area contributed by atoms with E-state index in [1.165, 1.54) is 18.2 Å². The van der Waals surface area contributed by atoms with Crippen molar-refractivity contribution in [3.8, 4) is 0 Å². The molecule has 1 aliphatic carbocycles. The van der Waals surface area contributed by atoms with Crippen LogP contribution in [-0.4, -0.2) is 45.0 Å². The van der Waals surface area contributed by atoms with Crippen molar-refractivity contribution in [1.82, 2.24) is 10.0 Å². The third-order valence-corrected chi connectivity index (χ3v) is 6.33. The Morgan fingerprint density at radius 1 is 1.00 bits per heavy atom. The van der Waals surface area contributed by atoms with Crippen molar-refractivity contribution in [3.63, 3.8) is 0 Å². The molecule has 2 aromatic rings. The van der Waals surface area contributed by atoms with E-state index in [4.69, 9.17) is 0 Å². The smallest absolute Gasteiger partial charge is 0.273 e. The highest BCUT2D eigenvalue weighted by molar-refractivity contribution is 6.09. The van der Waals surface area contributed by atoms with Crippen LogP contribution in [-0.2, 0) is 9.59 Å². The maximum atomic E-state index is 13.4. The largest absolute Gasteiger partial charge is 0.292 e. The monoisotopic (exact) mass is 449 g/mol. The predicted octanol–water partition coefficient (Wildman–Crippen LogP) is 3.26. The molecular formula is C24H23N3O6. The first-order valence-corrected chi connectivity index (χ1v) is 10.8. The zero-order valence-corrected chi connectivity index (χ0v) is 18.0. The second kappa shape index (κ2) is 8.93. The van der Waals surface area contributed by atoms with Crippen LogP contribution in [0, 0.1) is 27.9 Å². The maximum absolute atomic E-state index is 13.4. The molecule has 2 fully saturated rings. The number of ketones is 1. The maximum Gasteiger partial charge on any atom is 0.273 e. The van der Waals surface area contributed by atoms with Gasteiger partial charge in [-0.05, 0) is 31.2 Å². The van der Waals surface area contributed by atoms with Gasteiger partial charge in [-0.3, -0.25) is 29.3 Å². The molecule has 0 radical (unpaired) electrons. The van der Waals surface area contributed by atoms with Crippen LogP contribution >= 0.6 is 0 Å². The molecule has 1 saturated heterocycles. The van der Waals surface area contributed by atoms with E-state index in [0.29, 0.717) is 18.4 Å². The Hall–Kier alpha value is -3.88. The number of nitrogens with zero attached hydrogens (tertiary/aromatic N) is 3. The SMILES string of the molecule is C[C@@H]1CC[C@@H]2C(=O)N(N(CC(=O)c3ccccc3)C(=O)c3cccc([N+](=O)[O-])c3)C(=O)[C@H]2C1. The third kappa shape index (κ3) is 4.26. The van der Waals surface area contributed by atoms with E-state index in [2.05, 4.69) is 0 Å². The zero-order valence-electron chi connectivity index (χ0n) is 18.0. The quantitative estimate of drug-likeness (QED) is 0.289. The van der Waals surface area contributed by atoms with Crippen LogP contribution in [0.5, 0.6) is 0 Å². The zero-order chi connectivity index (χ0) is 23.7. The van der Waals surface area contributed by atoms with Crippen molar-refractivity contribution in [3.05, 3.63) is 75.8 Å². The van der Waals surface area contributed by atoms with E-state index in [9.17, 15) is 29.3 Å². The van der Waals surface area contributed by atoms with Gasteiger partial charge in [0.2, 0.25) is 0 Å². The van der Waals surface area contributed by atoms with E-state index in [1.54, 1.807) is 30.3 Å². The number of carbonyl (C=O) groups excluding carboxylic acids is 4. The lowest BCUT2D eigenvalue weighted by atomic mass is 9.76. The molecule has 1 aliphatic heterocycles. The van der Waals surface area contributed by atoms with Crippen LogP contribution in [0.3, 0.4) is 0 Å². The van der Waals surface area contributed by atoms with Gasteiger partial charge in [-0.25, -0.2) is 5.01 Å². The van der Waals surface area contributed by atoms with Gasteiger partial charge < -0.3 is 0 Å². The van der Waals surface area contributed by atoms with Gasteiger partial charge in [0.1, 0.15) is 6.54 Å². The molecule has 0 bridgehead atoms. The fraction of sp³-hybridized carbons (Fsp3) is 0.333. The van der Waals surface area contributed by atoms with Crippen molar-refractivity contribution in [2.75, 3.05) is 6.54 Å². The second-order valence-corrected chi connectivity index (χ2v) is 8.58. The minimum Gasteiger partial charge on any atom is -0.292 e. The summed E-state index contributed by atoms with van der Waals surface area (Å²) in [5, 5.41) is 12.8. The number of benzene rings is 2. The molecule has 2 aromatic carbocycles. The topological polar surface area (TPSA) is 118 Å². The first-order valence-electron chi connectivity index (χ1n) is 10.8. The Kier molecular flexibility index (Phi) is 6.04. The Balaban J connectivity index is 1.71. The minimum absolute atomic E-state index is 0.0890. The molecule has 9 nitrogen and oxygen atoms in total. The number of nitro benzene ring substituents is 1. The predicted molar refractivity (Wildman–Crippen MR) is 117 cm³/mol. The van der Waals surface area contributed by atoms with E-state index in [1.807, 2.05) is 6.92 Å². The third-order valence-electron chi connectivity index (χ3n) is 6.33. The number of fused-ring (bicyclic) bond motifs is 1. The normalized spacial score (nSPS) is 22.1. The number of hydrazine groups is 1.